The Morgan fingerprint density at radius 3 is 3.09 bits per heavy atom. The molecule has 1 rings (SSSR count). The molecular formula is C8H13O3. The molecule has 1 fully saturated rings. The van der Waals surface area contributed by atoms with Gasteiger partial charge in [-0.05, 0) is 19.8 Å². The van der Waals surface area contributed by atoms with Crippen LogP contribution in [-0.2, 0) is 14.3 Å². The maximum Gasteiger partial charge on any atom is 0.306 e. The molecule has 1 aliphatic heterocycles. The lowest BCUT2D eigenvalue weighted by molar-refractivity contribution is -0.154. The van der Waals surface area contributed by atoms with Crippen LogP contribution in [0.4, 0.5) is 0 Å². The van der Waals surface area contributed by atoms with Gasteiger partial charge in [-0.1, -0.05) is 0 Å². The van der Waals surface area contributed by atoms with Gasteiger partial charge in [0, 0.05) is 13.0 Å². The molecule has 0 N–H and O–H groups in total. The molecule has 0 aromatic heterocycles. The Morgan fingerprint density at radius 2 is 2.55 bits per heavy atom. The van der Waals surface area contributed by atoms with E-state index >= 15 is 0 Å². The molecule has 0 amide bonds. The van der Waals surface area contributed by atoms with E-state index in [0.29, 0.717) is 6.61 Å². The molecule has 0 aromatic carbocycles. The highest BCUT2D eigenvalue weighted by Crippen LogP contribution is 2.10. The van der Waals surface area contributed by atoms with E-state index in [2.05, 4.69) is 6.92 Å². The Balaban J connectivity index is 2.19. The summed E-state index contributed by atoms with van der Waals surface area (Å²) in [5.74, 6) is -0.236. The zero-order valence-electron chi connectivity index (χ0n) is 6.54. The second-order valence-electron chi connectivity index (χ2n) is 2.58. The third kappa shape index (κ3) is 2.89. The highest BCUT2D eigenvalue weighted by molar-refractivity contribution is 5.70. The highest BCUT2D eigenvalue weighted by atomic mass is 16.6. The van der Waals surface area contributed by atoms with Gasteiger partial charge in [0.1, 0.15) is 6.10 Å². The van der Waals surface area contributed by atoms with Crippen LogP contribution in [0.3, 0.4) is 0 Å². The van der Waals surface area contributed by atoms with Crippen molar-refractivity contribution in [2.45, 2.75) is 25.4 Å². The second kappa shape index (κ2) is 4.34. The van der Waals surface area contributed by atoms with Crippen LogP contribution >= 0.6 is 0 Å². The highest BCUT2D eigenvalue weighted by Gasteiger charge is 2.16. The summed E-state index contributed by atoms with van der Waals surface area (Å²) in [5.41, 5.74) is 0. The van der Waals surface area contributed by atoms with Gasteiger partial charge in [0.15, 0.2) is 0 Å². The minimum absolute atomic E-state index is 0.0296. The molecule has 1 heterocycles. The van der Waals surface area contributed by atoms with E-state index in [-0.39, 0.29) is 18.5 Å². The predicted molar refractivity (Wildman–Crippen MR) is 39.9 cm³/mol. The van der Waals surface area contributed by atoms with E-state index < -0.39 is 0 Å². The molecule has 1 atom stereocenters. The monoisotopic (exact) mass is 157 g/mol. The zero-order chi connectivity index (χ0) is 8.10. The van der Waals surface area contributed by atoms with Gasteiger partial charge in [0.05, 0.1) is 6.61 Å². The lowest BCUT2D eigenvalue weighted by Gasteiger charge is -2.21. The molecule has 1 radical (unpaired) electrons. The fraction of sp³-hybridized carbons (Fsp3) is 0.750. The number of rotatable bonds is 2. The summed E-state index contributed by atoms with van der Waals surface area (Å²) in [7, 11) is 0. The number of carbonyl (C=O) groups excluding carboxylic acids is 1. The minimum Gasteiger partial charge on any atom is -0.460 e. The Kier molecular flexibility index (Phi) is 3.36. The minimum atomic E-state index is -0.236. The maximum atomic E-state index is 10.7. The summed E-state index contributed by atoms with van der Waals surface area (Å²) in [6.45, 7) is 4.77. The van der Waals surface area contributed by atoms with Crippen LogP contribution < -0.4 is 0 Å². The second-order valence-corrected chi connectivity index (χ2v) is 2.58. The van der Waals surface area contributed by atoms with E-state index in [1.54, 1.807) is 0 Å². The van der Waals surface area contributed by atoms with Crippen LogP contribution in [0, 0.1) is 6.92 Å². The Bertz CT molecular complexity index is 127. The van der Waals surface area contributed by atoms with Crippen LogP contribution in [0.1, 0.15) is 19.3 Å². The summed E-state index contributed by atoms with van der Waals surface area (Å²) in [4.78, 5) is 10.7. The van der Waals surface area contributed by atoms with E-state index in [4.69, 9.17) is 9.47 Å². The van der Waals surface area contributed by atoms with Crippen molar-refractivity contribution in [3.8, 4) is 0 Å². The normalized spacial score (nSPS) is 24.6. The molecular weight excluding hydrogens is 144 g/mol. The van der Waals surface area contributed by atoms with Crippen LogP contribution in [0.5, 0.6) is 0 Å². The Labute approximate surface area is 66.7 Å². The summed E-state index contributed by atoms with van der Waals surface area (Å²) >= 11 is 0. The lowest BCUT2D eigenvalue weighted by atomic mass is 10.2. The molecule has 0 aliphatic carbocycles. The van der Waals surface area contributed by atoms with Crippen molar-refractivity contribution in [3.63, 3.8) is 0 Å². The quantitative estimate of drug-likeness (QED) is 0.559. The maximum absolute atomic E-state index is 10.7. The van der Waals surface area contributed by atoms with Crippen LogP contribution in [0.15, 0.2) is 0 Å². The summed E-state index contributed by atoms with van der Waals surface area (Å²) in [6, 6.07) is 0. The third-order valence-corrected chi connectivity index (χ3v) is 1.62. The van der Waals surface area contributed by atoms with Crippen LogP contribution in [0.2, 0.25) is 0 Å². The molecule has 63 valence electrons. The number of hydrogen-bond donors (Lipinski definition) is 0. The lowest BCUT2D eigenvalue weighted by Crippen LogP contribution is -2.27. The third-order valence-electron chi connectivity index (χ3n) is 1.62. The number of esters is 1. The Hall–Kier alpha value is -0.570. The summed E-state index contributed by atoms with van der Waals surface area (Å²) in [6.07, 6.45) is 2.08. The van der Waals surface area contributed by atoms with E-state index in [0.717, 1.165) is 19.4 Å². The van der Waals surface area contributed by atoms with Crippen molar-refractivity contribution >= 4 is 5.97 Å². The first-order valence-corrected chi connectivity index (χ1v) is 3.89. The summed E-state index contributed by atoms with van der Waals surface area (Å²) < 4.78 is 10.1. The first kappa shape index (κ1) is 8.53. The molecule has 0 bridgehead atoms. The van der Waals surface area contributed by atoms with Crippen LogP contribution in [0.25, 0.3) is 0 Å². The fourth-order valence-electron chi connectivity index (χ4n) is 1.05. The van der Waals surface area contributed by atoms with Crippen molar-refractivity contribution in [1.82, 2.24) is 0 Å². The van der Waals surface area contributed by atoms with Gasteiger partial charge in [-0.3, -0.25) is 4.79 Å². The van der Waals surface area contributed by atoms with Gasteiger partial charge >= 0.3 is 5.97 Å². The first-order valence-electron chi connectivity index (χ1n) is 3.89. The molecule has 1 unspecified atom stereocenters. The zero-order valence-corrected chi connectivity index (χ0v) is 6.54. The molecule has 0 aromatic rings. The average Bonchev–Trinajstić information content (AvgIpc) is 2.06. The number of carbonyl (C=O) groups is 1. The smallest absolute Gasteiger partial charge is 0.306 e. The van der Waals surface area contributed by atoms with Crippen molar-refractivity contribution in [3.05, 3.63) is 6.92 Å². The van der Waals surface area contributed by atoms with E-state index in [1.165, 1.54) is 0 Å². The molecule has 1 aliphatic rings. The summed E-state index contributed by atoms with van der Waals surface area (Å²) in [5, 5.41) is 0. The molecule has 0 saturated carbocycles. The average molecular weight is 157 g/mol. The SMILES string of the molecule is [CH2]CC(=O)OC1CCCOC1. The van der Waals surface area contributed by atoms with Gasteiger partial charge < -0.3 is 9.47 Å². The standard InChI is InChI=1S/C8H13O3/c1-2-8(9)11-7-4-3-5-10-6-7/h7H,1-6H2. The molecule has 3 nitrogen and oxygen atoms in total. The van der Waals surface area contributed by atoms with E-state index in [9.17, 15) is 4.79 Å². The van der Waals surface area contributed by atoms with Crippen molar-refractivity contribution < 1.29 is 14.3 Å². The van der Waals surface area contributed by atoms with Gasteiger partial charge in [-0.15, -0.1) is 0 Å². The first-order chi connectivity index (χ1) is 5.33. The van der Waals surface area contributed by atoms with Gasteiger partial charge in [0.25, 0.3) is 0 Å². The molecule has 1 saturated heterocycles. The number of hydrogen-bond acceptors (Lipinski definition) is 3. The number of ether oxygens (including phenoxy) is 2. The fourth-order valence-corrected chi connectivity index (χ4v) is 1.05. The Morgan fingerprint density at radius 1 is 1.73 bits per heavy atom. The molecule has 3 heteroatoms. The molecule has 11 heavy (non-hydrogen) atoms. The van der Waals surface area contributed by atoms with Crippen molar-refractivity contribution in [1.29, 1.82) is 0 Å². The topological polar surface area (TPSA) is 35.5 Å². The predicted octanol–water partition coefficient (Wildman–Crippen LogP) is 0.933. The van der Waals surface area contributed by atoms with Gasteiger partial charge in [0.2, 0.25) is 0 Å². The van der Waals surface area contributed by atoms with Gasteiger partial charge in [-0.2, -0.15) is 0 Å². The largest absolute Gasteiger partial charge is 0.460 e. The van der Waals surface area contributed by atoms with Crippen LogP contribution in [-0.4, -0.2) is 25.3 Å². The van der Waals surface area contributed by atoms with Crippen molar-refractivity contribution in [2.75, 3.05) is 13.2 Å². The van der Waals surface area contributed by atoms with Gasteiger partial charge in [-0.25, -0.2) is 0 Å². The molecule has 0 spiro atoms. The van der Waals surface area contributed by atoms with E-state index in [1.807, 2.05) is 0 Å². The van der Waals surface area contributed by atoms with Crippen molar-refractivity contribution in [2.24, 2.45) is 0 Å².